The van der Waals surface area contributed by atoms with E-state index in [1.165, 1.54) is 28.6 Å². The Bertz CT molecular complexity index is 979. The van der Waals surface area contributed by atoms with E-state index in [1.807, 2.05) is 0 Å². The molecular formula is C17H19N3O6S2. The van der Waals surface area contributed by atoms with Gasteiger partial charge in [-0.3, -0.25) is 14.9 Å². The van der Waals surface area contributed by atoms with Gasteiger partial charge in [-0.1, -0.05) is 0 Å². The molecule has 3 rings (SSSR count). The average Bonchev–Trinajstić information content (AvgIpc) is 3.00. The summed E-state index contributed by atoms with van der Waals surface area (Å²) < 4.78 is 31.7. The second kappa shape index (κ2) is 8.35. The third-order valence-corrected chi connectivity index (χ3v) is 7.13. The van der Waals surface area contributed by atoms with Crippen LogP contribution in [0.1, 0.15) is 20.9 Å². The first-order chi connectivity index (χ1) is 13.3. The van der Waals surface area contributed by atoms with Gasteiger partial charge < -0.3 is 9.84 Å². The van der Waals surface area contributed by atoms with Crippen LogP contribution in [0.3, 0.4) is 0 Å². The molecule has 0 radical (unpaired) electrons. The summed E-state index contributed by atoms with van der Waals surface area (Å²) in [7, 11) is -3.62. The van der Waals surface area contributed by atoms with Crippen molar-refractivity contribution in [3.8, 4) is 0 Å². The lowest BCUT2D eigenvalue weighted by molar-refractivity contribution is -0.136. The molecular weight excluding hydrogens is 406 g/mol. The molecule has 9 nitrogen and oxygen atoms in total. The number of carbonyl (C=O) groups is 2. The van der Waals surface area contributed by atoms with Crippen LogP contribution >= 0.6 is 11.3 Å². The van der Waals surface area contributed by atoms with Gasteiger partial charge in [-0.15, -0.1) is 11.3 Å². The van der Waals surface area contributed by atoms with Crippen molar-refractivity contribution in [3.05, 3.63) is 40.4 Å². The van der Waals surface area contributed by atoms with Crippen LogP contribution in [0.4, 0.5) is 5.13 Å². The maximum Gasteiger partial charge on any atom is 0.308 e. The summed E-state index contributed by atoms with van der Waals surface area (Å²) in [6.07, 6.45) is -0.159. The third-order valence-electron chi connectivity index (χ3n) is 4.15. The zero-order chi connectivity index (χ0) is 20.3. The molecule has 1 aromatic carbocycles. The number of hydrogen-bond donors (Lipinski definition) is 2. The van der Waals surface area contributed by atoms with Gasteiger partial charge in [0.05, 0.1) is 30.2 Å². The average molecular weight is 425 g/mol. The molecule has 2 N–H and O–H groups in total. The second-order valence-corrected chi connectivity index (χ2v) is 9.11. The number of sulfonamides is 1. The molecule has 28 heavy (non-hydrogen) atoms. The van der Waals surface area contributed by atoms with Crippen molar-refractivity contribution in [2.24, 2.45) is 0 Å². The SMILES string of the molecule is Cc1nc(NC(=O)c2ccc(S(=O)(=O)N3CCOCC3)cc2)sc1CC(=O)O. The van der Waals surface area contributed by atoms with Gasteiger partial charge in [0.2, 0.25) is 10.0 Å². The number of hydrogen-bond acceptors (Lipinski definition) is 7. The van der Waals surface area contributed by atoms with Crippen LogP contribution in [-0.4, -0.2) is 61.0 Å². The third kappa shape index (κ3) is 4.55. The first kappa shape index (κ1) is 20.4. The number of amides is 1. The van der Waals surface area contributed by atoms with Gasteiger partial charge in [0.1, 0.15) is 0 Å². The van der Waals surface area contributed by atoms with E-state index in [9.17, 15) is 18.0 Å². The number of aliphatic carboxylic acids is 1. The molecule has 0 bridgehead atoms. The van der Waals surface area contributed by atoms with E-state index in [1.54, 1.807) is 6.92 Å². The predicted octanol–water partition coefficient (Wildman–Crippen LogP) is 1.35. The zero-order valence-electron chi connectivity index (χ0n) is 15.0. The van der Waals surface area contributed by atoms with E-state index in [0.717, 1.165) is 11.3 Å². The molecule has 1 amide bonds. The first-order valence-corrected chi connectivity index (χ1v) is 10.7. The number of aryl methyl sites for hydroxylation is 1. The van der Waals surface area contributed by atoms with Gasteiger partial charge in [-0.25, -0.2) is 13.4 Å². The number of nitrogens with one attached hydrogen (secondary N) is 1. The molecule has 1 aliphatic heterocycles. The summed E-state index contributed by atoms with van der Waals surface area (Å²) in [5, 5.41) is 11.8. The predicted molar refractivity (Wildman–Crippen MR) is 102 cm³/mol. The topological polar surface area (TPSA) is 126 Å². The van der Waals surface area contributed by atoms with E-state index in [0.29, 0.717) is 42.0 Å². The molecule has 1 saturated heterocycles. The van der Waals surface area contributed by atoms with Crippen molar-refractivity contribution in [1.29, 1.82) is 0 Å². The van der Waals surface area contributed by atoms with Crippen LogP contribution in [0.5, 0.6) is 0 Å². The number of anilines is 1. The highest BCUT2D eigenvalue weighted by molar-refractivity contribution is 7.89. The Morgan fingerprint density at radius 1 is 1.25 bits per heavy atom. The normalized spacial score (nSPS) is 15.3. The van der Waals surface area contributed by atoms with Crippen molar-refractivity contribution in [2.75, 3.05) is 31.6 Å². The number of carbonyl (C=O) groups excluding carboxylic acids is 1. The van der Waals surface area contributed by atoms with Crippen LogP contribution in [0.25, 0.3) is 0 Å². The van der Waals surface area contributed by atoms with Crippen LogP contribution < -0.4 is 5.32 Å². The van der Waals surface area contributed by atoms with Gasteiger partial charge in [-0.2, -0.15) is 4.31 Å². The molecule has 0 saturated carbocycles. The summed E-state index contributed by atoms with van der Waals surface area (Å²) in [6, 6.07) is 5.65. The number of carboxylic acids is 1. The molecule has 0 spiro atoms. The Morgan fingerprint density at radius 3 is 2.50 bits per heavy atom. The number of benzene rings is 1. The van der Waals surface area contributed by atoms with E-state index >= 15 is 0 Å². The molecule has 1 fully saturated rings. The van der Waals surface area contributed by atoms with Crippen molar-refractivity contribution in [1.82, 2.24) is 9.29 Å². The number of nitrogens with zero attached hydrogens (tertiary/aromatic N) is 2. The molecule has 0 unspecified atom stereocenters. The van der Waals surface area contributed by atoms with E-state index in [-0.39, 0.29) is 16.9 Å². The van der Waals surface area contributed by atoms with Gasteiger partial charge in [0, 0.05) is 23.5 Å². The minimum atomic E-state index is -3.62. The fourth-order valence-electron chi connectivity index (χ4n) is 2.67. The maximum atomic E-state index is 12.6. The molecule has 0 aliphatic carbocycles. The largest absolute Gasteiger partial charge is 0.481 e. The summed E-state index contributed by atoms with van der Waals surface area (Å²) in [5.74, 6) is -1.42. The lowest BCUT2D eigenvalue weighted by atomic mass is 10.2. The van der Waals surface area contributed by atoms with Gasteiger partial charge >= 0.3 is 5.97 Å². The zero-order valence-corrected chi connectivity index (χ0v) is 16.7. The summed E-state index contributed by atoms with van der Waals surface area (Å²) in [5.41, 5.74) is 0.822. The highest BCUT2D eigenvalue weighted by Crippen LogP contribution is 2.24. The quantitative estimate of drug-likeness (QED) is 0.715. The molecule has 1 aliphatic rings. The maximum absolute atomic E-state index is 12.6. The number of ether oxygens (including phenoxy) is 1. The van der Waals surface area contributed by atoms with Crippen LogP contribution in [0.2, 0.25) is 0 Å². The van der Waals surface area contributed by atoms with E-state index < -0.39 is 21.9 Å². The van der Waals surface area contributed by atoms with E-state index in [4.69, 9.17) is 9.84 Å². The van der Waals surface area contributed by atoms with Crippen LogP contribution in [-0.2, 0) is 26.0 Å². The Morgan fingerprint density at radius 2 is 1.89 bits per heavy atom. The highest BCUT2D eigenvalue weighted by Gasteiger charge is 2.26. The number of morpholine rings is 1. The van der Waals surface area contributed by atoms with Gasteiger partial charge in [0.25, 0.3) is 5.91 Å². The minimum Gasteiger partial charge on any atom is -0.481 e. The molecule has 1 aromatic heterocycles. The van der Waals surface area contributed by atoms with Crippen LogP contribution in [0.15, 0.2) is 29.2 Å². The Labute approximate surface area is 166 Å². The molecule has 2 aromatic rings. The number of carboxylic acid groups (broad SMARTS) is 1. The Hall–Kier alpha value is -2.34. The second-order valence-electron chi connectivity index (χ2n) is 6.09. The minimum absolute atomic E-state index is 0.111. The van der Waals surface area contributed by atoms with Crippen molar-refractivity contribution in [2.45, 2.75) is 18.2 Å². The van der Waals surface area contributed by atoms with Crippen LogP contribution in [0, 0.1) is 6.92 Å². The lowest BCUT2D eigenvalue weighted by Crippen LogP contribution is -2.40. The van der Waals surface area contributed by atoms with Crippen molar-refractivity contribution < 1.29 is 27.9 Å². The fraction of sp³-hybridized carbons (Fsp3) is 0.353. The van der Waals surface area contributed by atoms with Crippen molar-refractivity contribution in [3.63, 3.8) is 0 Å². The molecule has 11 heteroatoms. The Kier molecular flexibility index (Phi) is 6.08. The number of thiazole rings is 1. The summed E-state index contributed by atoms with van der Waals surface area (Å²) in [6.45, 7) is 2.99. The molecule has 0 atom stereocenters. The lowest BCUT2D eigenvalue weighted by Gasteiger charge is -2.26. The standard InChI is InChI=1S/C17H19N3O6S2/c1-11-14(10-15(21)22)27-17(18-11)19-16(23)12-2-4-13(5-3-12)28(24,25)20-6-8-26-9-7-20/h2-5H,6-10H2,1H3,(H,21,22)(H,18,19,23). The molecule has 2 heterocycles. The van der Waals surface area contributed by atoms with Gasteiger partial charge in [0.15, 0.2) is 5.13 Å². The Balaban J connectivity index is 1.71. The highest BCUT2D eigenvalue weighted by atomic mass is 32.2. The smallest absolute Gasteiger partial charge is 0.308 e. The number of aromatic nitrogens is 1. The first-order valence-electron chi connectivity index (χ1n) is 8.45. The van der Waals surface area contributed by atoms with Crippen molar-refractivity contribution >= 4 is 38.4 Å². The van der Waals surface area contributed by atoms with Gasteiger partial charge in [-0.05, 0) is 31.2 Å². The summed E-state index contributed by atoms with van der Waals surface area (Å²) in [4.78, 5) is 28.0. The van der Waals surface area contributed by atoms with E-state index in [2.05, 4.69) is 10.3 Å². The number of rotatable bonds is 6. The monoisotopic (exact) mass is 425 g/mol. The summed E-state index contributed by atoms with van der Waals surface area (Å²) >= 11 is 1.10. The fourth-order valence-corrected chi connectivity index (χ4v) is 5.02. The molecule has 150 valence electrons.